The molecule has 2 aromatic rings. The maximum Gasteiger partial charge on any atom is 0.309 e. The first-order valence-corrected chi connectivity index (χ1v) is 10.9. The van der Waals surface area contributed by atoms with Gasteiger partial charge in [0.25, 0.3) is 0 Å². The highest BCUT2D eigenvalue weighted by molar-refractivity contribution is 7.10. The van der Waals surface area contributed by atoms with E-state index in [1.165, 1.54) is 4.88 Å². The maximum atomic E-state index is 12.5. The van der Waals surface area contributed by atoms with E-state index in [4.69, 9.17) is 0 Å². The Morgan fingerprint density at radius 1 is 1.14 bits per heavy atom. The molecule has 2 amide bonds. The van der Waals surface area contributed by atoms with Crippen molar-refractivity contribution in [2.45, 2.75) is 32.5 Å². The first-order chi connectivity index (χ1) is 14.1. The highest BCUT2D eigenvalue weighted by Crippen LogP contribution is 2.29. The molecular weight excluding hydrogens is 386 g/mol. The zero-order valence-electron chi connectivity index (χ0n) is 17.0. The molecule has 8 heteroatoms. The van der Waals surface area contributed by atoms with E-state index in [1.54, 1.807) is 17.5 Å². The fraction of sp³-hybridized carbons (Fsp3) is 0.476. The minimum Gasteiger partial charge on any atom is -0.343 e. The van der Waals surface area contributed by atoms with Crippen molar-refractivity contribution < 1.29 is 9.59 Å². The van der Waals surface area contributed by atoms with Gasteiger partial charge in [-0.25, -0.2) is 0 Å². The largest absolute Gasteiger partial charge is 0.343 e. The van der Waals surface area contributed by atoms with Crippen LogP contribution >= 0.6 is 11.3 Å². The van der Waals surface area contributed by atoms with Crippen LogP contribution in [0.2, 0.25) is 0 Å². The summed E-state index contributed by atoms with van der Waals surface area (Å²) in [6.07, 6.45) is 1.66. The van der Waals surface area contributed by atoms with Crippen molar-refractivity contribution in [2.75, 3.05) is 32.7 Å². The molecule has 0 aliphatic carbocycles. The van der Waals surface area contributed by atoms with Crippen LogP contribution in [0.15, 0.2) is 41.9 Å². The molecule has 0 unspecified atom stereocenters. The second kappa shape index (κ2) is 10.5. The molecule has 0 saturated carbocycles. The molecular formula is C21H29N5O2S. The standard InChI is InChI=1S/C21H29N5O2S/c1-3-25-10-12-26(13-11-25)19(18-8-6-14-29-18)16(2)24-21(28)20(27)23-15-17-7-4-5-9-22-17/h4-9,14,16,19H,3,10-13,15H2,1-2H3,(H,23,27)(H,24,28)/t16-,19+/m0/s1. The molecule has 156 valence electrons. The van der Waals surface area contributed by atoms with Gasteiger partial charge in [0.1, 0.15) is 0 Å². The zero-order chi connectivity index (χ0) is 20.6. The molecule has 2 atom stereocenters. The number of pyridine rings is 1. The number of rotatable bonds is 7. The van der Waals surface area contributed by atoms with E-state index in [1.807, 2.05) is 31.2 Å². The third-order valence-corrected chi connectivity index (χ3v) is 6.22. The van der Waals surface area contributed by atoms with Crippen LogP contribution in [0.3, 0.4) is 0 Å². The van der Waals surface area contributed by atoms with Gasteiger partial charge in [0.2, 0.25) is 0 Å². The minimum absolute atomic E-state index is 0.0570. The Hall–Kier alpha value is -2.29. The average molecular weight is 416 g/mol. The lowest BCUT2D eigenvalue weighted by Gasteiger charge is -2.41. The van der Waals surface area contributed by atoms with Crippen LogP contribution in [-0.2, 0) is 16.1 Å². The summed E-state index contributed by atoms with van der Waals surface area (Å²) in [4.78, 5) is 34.9. The van der Waals surface area contributed by atoms with E-state index in [0.29, 0.717) is 5.69 Å². The summed E-state index contributed by atoms with van der Waals surface area (Å²) >= 11 is 1.69. The van der Waals surface area contributed by atoms with Crippen molar-refractivity contribution in [3.8, 4) is 0 Å². The van der Waals surface area contributed by atoms with Gasteiger partial charge in [-0.2, -0.15) is 0 Å². The molecule has 0 aromatic carbocycles. The van der Waals surface area contributed by atoms with Crippen LogP contribution in [0.5, 0.6) is 0 Å². The van der Waals surface area contributed by atoms with E-state index in [2.05, 4.69) is 43.8 Å². The number of carbonyl (C=O) groups is 2. The van der Waals surface area contributed by atoms with Gasteiger partial charge in [0.15, 0.2) is 0 Å². The lowest BCUT2D eigenvalue weighted by molar-refractivity contribution is -0.140. The van der Waals surface area contributed by atoms with Gasteiger partial charge in [0.05, 0.1) is 18.3 Å². The molecule has 0 bridgehead atoms. The molecule has 1 aliphatic rings. The van der Waals surface area contributed by atoms with Crippen LogP contribution in [0.4, 0.5) is 0 Å². The number of carbonyl (C=O) groups excluding carboxylic acids is 2. The molecule has 7 nitrogen and oxygen atoms in total. The smallest absolute Gasteiger partial charge is 0.309 e. The van der Waals surface area contributed by atoms with E-state index in [-0.39, 0.29) is 18.6 Å². The normalized spacial score (nSPS) is 17.4. The SMILES string of the molecule is CCN1CCN([C@@H](c2cccs2)[C@H](C)NC(=O)C(=O)NCc2ccccn2)CC1. The van der Waals surface area contributed by atoms with Crippen molar-refractivity contribution >= 4 is 23.2 Å². The van der Waals surface area contributed by atoms with Gasteiger partial charge >= 0.3 is 11.8 Å². The number of hydrogen-bond acceptors (Lipinski definition) is 6. The Balaban J connectivity index is 1.59. The third kappa shape index (κ3) is 5.85. The first-order valence-electron chi connectivity index (χ1n) is 10.1. The first kappa shape index (κ1) is 21.4. The van der Waals surface area contributed by atoms with Crippen molar-refractivity contribution in [3.05, 3.63) is 52.5 Å². The molecule has 29 heavy (non-hydrogen) atoms. The van der Waals surface area contributed by atoms with Crippen molar-refractivity contribution in [2.24, 2.45) is 0 Å². The fourth-order valence-electron chi connectivity index (χ4n) is 3.66. The van der Waals surface area contributed by atoms with Gasteiger partial charge in [-0.15, -0.1) is 11.3 Å². The van der Waals surface area contributed by atoms with Crippen molar-refractivity contribution in [1.82, 2.24) is 25.4 Å². The molecule has 1 saturated heterocycles. The van der Waals surface area contributed by atoms with Gasteiger partial charge in [-0.3, -0.25) is 19.5 Å². The van der Waals surface area contributed by atoms with Crippen LogP contribution in [-0.4, -0.2) is 65.4 Å². The van der Waals surface area contributed by atoms with Gasteiger partial charge < -0.3 is 15.5 Å². The summed E-state index contributed by atoms with van der Waals surface area (Å²) < 4.78 is 0. The monoisotopic (exact) mass is 415 g/mol. The summed E-state index contributed by atoms with van der Waals surface area (Å²) in [6.45, 7) is 9.37. The van der Waals surface area contributed by atoms with E-state index in [9.17, 15) is 9.59 Å². The predicted octanol–water partition coefficient (Wildman–Crippen LogP) is 1.64. The van der Waals surface area contributed by atoms with Gasteiger partial charge in [-0.1, -0.05) is 19.1 Å². The van der Waals surface area contributed by atoms with E-state index in [0.717, 1.165) is 32.7 Å². The summed E-state index contributed by atoms with van der Waals surface area (Å²) in [7, 11) is 0. The average Bonchev–Trinajstić information content (AvgIpc) is 3.27. The Labute approximate surface area is 176 Å². The van der Waals surface area contributed by atoms with Gasteiger partial charge in [0, 0.05) is 43.3 Å². The van der Waals surface area contributed by atoms with Gasteiger partial charge in [-0.05, 0) is 37.0 Å². The third-order valence-electron chi connectivity index (χ3n) is 5.28. The number of aromatic nitrogens is 1. The molecule has 3 rings (SSSR count). The van der Waals surface area contributed by atoms with Crippen LogP contribution in [0.1, 0.15) is 30.5 Å². The summed E-state index contributed by atoms with van der Waals surface area (Å²) in [5, 5.41) is 7.60. The lowest BCUT2D eigenvalue weighted by Crippen LogP contribution is -2.53. The number of thiophene rings is 1. The fourth-order valence-corrected chi connectivity index (χ4v) is 4.63. The Morgan fingerprint density at radius 3 is 2.55 bits per heavy atom. The van der Waals surface area contributed by atoms with E-state index >= 15 is 0 Å². The number of nitrogens with zero attached hydrogens (tertiary/aromatic N) is 3. The van der Waals surface area contributed by atoms with Crippen LogP contribution in [0, 0.1) is 0 Å². The molecule has 1 aliphatic heterocycles. The van der Waals surface area contributed by atoms with Crippen LogP contribution < -0.4 is 10.6 Å². The molecule has 2 aromatic heterocycles. The number of piperazine rings is 1. The molecule has 3 heterocycles. The molecule has 0 radical (unpaired) electrons. The molecule has 2 N–H and O–H groups in total. The number of amides is 2. The summed E-state index contributed by atoms with van der Waals surface area (Å²) in [6, 6.07) is 9.47. The van der Waals surface area contributed by atoms with Crippen molar-refractivity contribution in [1.29, 1.82) is 0 Å². The minimum atomic E-state index is -0.636. The predicted molar refractivity (Wildman–Crippen MR) is 114 cm³/mol. The Morgan fingerprint density at radius 2 is 1.93 bits per heavy atom. The topological polar surface area (TPSA) is 77.6 Å². The molecule has 0 spiro atoms. The highest BCUT2D eigenvalue weighted by atomic mass is 32.1. The number of nitrogens with one attached hydrogen (secondary N) is 2. The maximum absolute atomic E-state index is 12.5. The second-order valence-corrected chi connectivity index (χ2v) is 8.18. The molecule has 1 fully saturated rings. The highest BCUT2D eigenvalue weighted by Gasteiger charge is 2.31. The number of likely N-dealkylation sites (N-methyl/N-ethyl adjacent to an activating group) is 1. The summed E-state index contributed by atoms with van der Waals surface area (Å²) in [5.41, 5.74) is 0.715. The Bertz CT molecular complexity index is 776. The second-order valence-electron chi connectivity index (χ2n) is 7.20. The van der Waals surface area contributed by atoms with Crippen molar-refractivity contribution in [3.63, 3.8) is 0 Å². The summed E-state index contributed by atoms with van der Waals surface area (Å²) in [5.74, 6) is -1.24. The zero-order valence-corrected chi connectivity index (χ0v) is 17.8. The quantitative estimate of drug-likeness (QED) is 0.673. The lowest BCUT2D eigenvalue weighted by atomic mass is 10.0. The Kier molecular flexibility index (Phi) is 7.74. The number of hydrogen-bond donors (Lipinski definition) is 2. The van der Waals surface area contributed by atoms with Crippen LogP contribution in [0.25, 0.3) is 0 Å². The van der Waals surface area contributed by atoms with E-state index < -0.39 is 11.8 Å².